The van der Waals surface area contributed by atoms with Crippen molar-refractivity contribution in [2.45, 2.75) is 32.2 Å². The second-order valence-corrected chi connectivity index (χ2v) is 4.78. The van der Waals surface area contributed by atoms with Gasteiger partial charge in [0, 0.05) is 29.8 Å². The number of rotatable bonds is 9. The molecule has 1 rings (SSSR count). The van der Waals surface area contributed by atoms with Crippen LogP contribution in [0.15, 0.2) is 18.2 Å². The molecule has 1 aromatic carbocycles. The summed E-state index contributed by atoms with van der Waals surface area (Å²) in [6.07, 6.45) is 3.88. The summed E-state index contributed by atoms with van der Waals surface area (Å²) in [5.41, 5.74) is 0.699. The van der Waals surface area contributed by atoms with Gasteiger partial charge in [0.25, 0.3) is 5.69 Å². The first-order valence-corrected chi connectivity index (χ1v) is 6.77. The lowest BCUT2D eigenvalue weighted by atomic mass is 10.1. The highest BCUT2D eigenvalue weighted by molar-refractivity contribution is 6.30. The van der Waals surface area contributed by atoms with Gasteiger partial charge in [-0.1, -0.05) is 24.4 Å². The van der Waals surface area contributed by atoms with Gasteiger partial charge in [0.05, 0.1) is 4.92 Å². The van der Waals surface area contributed by atoms with Gasteiger partial charge in [-0.3, -0.25) is 10.1 Å². The molecule has 0 atom stereocenters. The van der Waals surface area contributed by atoms with Crippen molar-refractivity contribution in [3.05, 3.63) is 38.9 Å². The number of nitrogens with zero attached hydrogens (tertiary/aromatic N) is 1. The molecular formula is C13H19ClN2O3. The summed E-state index contributed by atoms with van der Waals surface area (Å²) in [7, 11) is 0. The third-order valence-electron chi connectivity index (χ3n) is 2.82. The summed E-state index contributed by atoms with van der Waals surface area (Å²) in [4.78, 5) is 10.5. The highest BCUT2D eigenvalue weighted by Crippen LogP contribution is 2.22. The molecule has 0 fully saturated rings. The molecule has 0 radical (unpaired) electrons. The van der Waals surface area contributed by atoms with Crippen LogP contribution in [0.2, 0.25) is 5.02 Å². The van der Waals surface area contributed by atoms with Crippen molar-refractivity contribution in [3.63, 3.8) is 0 Å². The fourth-order valence-corrected chi connectivity index (χ4v) is 2.01. The number of benzene rings is 1. The van der Waals surface area contributed by atoms with Crippen LogP contribution in [-0.2, 0) is 6.54 Å². The summed E-state index contributed by atoms with van der Waals surface area (Å²) >= 11 is 5.84. The van der Waals surface area contributed by atoms with Crippen molar-refractivity contribution in [1.29, 1.82) is 0 Å². The number of aliphatic hydroxyl groups is 1. The van der Waals surface area contributed by atoms with Crippen molar-refractivity contribution in [2.75, 3.05) is 13.2 Å². The molecule has 0 amide bonds. The van der Waals surface area contributed by atoms with Crippen LogP contribution in [0.3, 0.4) is 0 Å². The first kappa shape index (κ1) is 15.9. The van der Waals surface area contributed by atoms with Gasteiger partial charge in [-0.05, 0) is 31.5 Å². The standard InChI is InChI=1S/C13H19ClN2O3/c14-12-5-6-13(16(18)19)11(9-12)10-15-7-3-1-2-4-8-17/h5-6,9,15,17H,1-4,7-8,10H2. The van der Waals surface area contributed by atoms with Gasteiger partial charge in [0.2, 0.25) is 0 Å². The lowest BCUT2D eigenvalue weighted by molar-refractivity contribution is -0.385. The molecule has 5 nitrogen and oxygen atoms in total. The largest absolute Gasteiger partial charge is 0.396 e. The molecule has 0 unspecified atom stereocenters. The van der Waals surface area contributed by atoms with Gasteiger partial charge in [-0.25, -0.2) is 0 Å². The molecule has 0 aliphatic heterocycles. The zero-order chi connectivity index (χ0) is 14.1. The molecule has 6 heteroatoms. The highest BCUT2D eigenvalue weighted by atomic mass is 35.5. The van der Waals surface area contributed by atoms with E-state index < -0.39 is 4.92 Å². The maximum Gasteiger partial charge on any atom is 0.273 e. The average Bonchev–Trinajstić information content (AvgIpc) is 2.37. The quantitative estimate of drug-likeness (QED) is 0.416. The van der Waals surface area contributed by atoms with Crippen molar-refractivity contribution in [3.8, 4) is 0 Å². The molecule has 0 bridgehead atoms. The molecule has 19 heavy (non-hydrogen) atoms. The number of aliphatic hydroxyl groups excluding tert-OH is 1. The van der Waals surface area contributed by atoms with E-state index in [-0.39, 0.29) is 12.3 Å². The third-order valence-corrected chi connectivity index (χ3v) is 3.05. The number of hydrogen-bond donors (Lipinski definition) is 2. The number of halogens is 1. The number of nitrogens with one attached hydrogen (secondary N) is 1. The van der Waals surface area contributed by atoms with Crippen molar-refractivity contribution in [2.24, 2.45) is 0 Å². The van der Waals surface area contributed by atoms with E-state index in [0.717, 1.165) is 32.2 Å². The Bertz CT molecular complexity index is 413. The van der Waals surface area contributed by atoms with Crippen molar-refractivity contribution >= 4 is 17.3 Å². The lowest BCUT2D eigenvalue weighted by Crippen LogP contribution is -2.15. The van der Waals surface area contributed by atoms with Crippen LogP contribution in [0, 0.1) is 10.1 Å². The summed E-state index contributed by atoms with van der Waals surface area (Å²) in [6.45, 7) is 1.48. The zero-order valence-electron chi connectivity index (χ0n) is 10.8. The van der Waals surface area contributed by atoms with Crippen LogP contribution in [0.5, 0.6) is 0 Å². The summed E-state index contributed by atoms with van der Waals surface area (Å²) < 4.78 is 0. The minimum atomic E-state index is -0.394. The number of unbranched alkanes of at least 4 members (excludes halogenated alkanes) is 3. The second-order valence-electron chi connectivity index (χ2n) is 4.34. The van der Waals surface area contributed by atoms with Crippen molar-refractivity contribution < 1.29 is 10.0 Å². The van der Waals surface area contributed by atoms with Gasteiger partial charge in [0.1, 0.15) is 0 Å². The molecule has 0 aliphatic carbocycles. The molecule has 2 N–H and O–H groups in total. The third kappa shape index (κ3) is 6.00. The Morgan fingerprint density at radius 3 is 2.68 bits per heavy atom. The SMILES string of the molecule is O=[N+]([O-])c1ccc(Cl)cc1CNCCCCCCO. The predicted molar refractivity (Wildman–Crippen MR) is 75.4 cm³/mol. The minimum Gasteiger partial charge on any atom is -0.396 e. The zero-order valence-corrected chi connectivity index (χ0v) is 11.5. The monoisotopic (exact) mass is 286 g/mol. The Morgan fingerprint density at radius 2 is 2.00 bits per heavy atom. The van der Waals surface area contributed by atoms with Crippen LogP contribution in [0.4, 0.5) is 5.69 Å². The Labute approximate surface area is 117 Å². The van der Waals surface area contributed by atoms with Gasteiger partial charge >= 0.3 is 0 Å². The molecule has 0 aromatic heterocycles. The van der Waals surface area contributed by atoms with Crippen molar-refractivity contribution in [1.82, 2.24) is 5.32 Å². The Morgan fingerprint density at radius 1 is 1.26 bits per heavy atom. The first-order chi connectivity index (χ1) is 9.15. The molecule has 1 aromatic rings. The first-order valence-electron chi connectivity index (χ1n) is 6.39. The summed E-state index contributed by atoms with van der Waals surface area (Å²) in [5, 5.41) is 23.2. The minimum absolute atomic E-state index is 0.0946. The molecule has 0 aliphatic rings. The summed E-state index contributed by atoms with van der Waals surface area (Å²) in [6, 6.07) is 4.58. The van der Waals surface area contributed by atoms with E-state index in [4.69, 9.17) is 16.7 Å². The van der Waals surface area contributed by atoms with E-state index in [9.17, 15) is 10.1 Å². The lowest BCUT2D eigenvalue weighted by Gasteiger charge is -2.06. The normalized spacial score (nSPS) is 10.6. The smallest absolute Gasteiger partial charge is 0.273 e. The van der Waals surface area contributed by atoms with Gasteiger partial charge in [-0.15, -0.1) is 0 Å². The number of nitro groups is 1. The van der Waals surface area contributed by atoms with Crippen LogP contribution in [-0.4, -0.2) is 23.2 Å². The molecule has 0 saturated carbocycles. The van der Waals surface area contributed by atoms with E-state index in [0.29, 0.717) is 17.1 Å². The average molecular weight is 287 g/mol. The van der Waals surface area contributed by atoms with Gasteiger partial charge in [0.15, 0.2) is 0 Å². The molecule has 0 spiro atoms. The number of hydrogen-bond acceptors (Lipinski definition) is 4. The van der Waals surface area contributed by atoms with Crippen LogP contribution in [0.1, 0.15) is 31.2 Å². The van der Waals surface area contributed by atoms with E-state index >= 15 is 0 Å². The van der Waals surface area contributed by atoms with Gasteiger partial charge in [-0.2, -0.15) is 0 Å². The van der Waals surface area contributed by atoms with Crippen LogP contribution >= 0.6 is 11.6 Å². The topological polar surface area (TPSA) is 75.4 Å². The molecular weight excluding hydrogens is 268 g/mol. The second kappa shape index (κ2) is 8.85. The fraction of sp³-hybridized carbons (Fsp3) is 0.538. The highest BCUT2D eigenvalue weighted by Gasteiger charge is 2.12. The Balaban J connectivity index is 2.36. The van der Waals surface area contributed by atoms with E-state index in [2.05, 4.69) is 5.32 Å². The van der Waals surface area contributed by atoms with E-state index in [1.54, 1.807) is 6.07 Å². The maximum atomic E-state index is 10.9. The summed E-state index contributed by atoms with van der Waals surface area (Å²) in [5.74, 6) is 0. The number of nitro benzene ring substituents is 1. The van der Waals surface area contributed by atoms with Crippen LogP contribution < -0.4 is 5.32 Å². The van der Waals surface area contributed by atoms with Crippen LogP contribution in [0.25, 0.3) is 0 Å². The van der Waals surface area contributed by atoms with E-state index in [1.807, 2.05) is 0 Å². The molecule has 0 saturated heterocycles. The van der Waals surface area contributed by atoms with E-state index in [1.165, 1.54) is 12.1 Å². The molecule has 0 heterocycles. The Hall–Kier alpha value is -1.17. The predicted octanol–water partition coefficient (Wildman–Crippen LogP) is 2.89. The Kier molecular flexibility index (Phi) is 7.40. The molecule has 106 valence electrons. The maximum absolute atomic E-state index is 10.9. The van der Waals surface area contributed by atoms with Gasteiger partial charge < -0.3 is 10.4 Å². The fourth-order valence-electron chi connectivity index (χ4n) is 1.81.